The highest BCUT2D eigenvalue weighted by molar-refractivity contribution is 5.96. The minimum atomic E-state index is -0.468. The molecule has 5 heteroatoms. The number of carbonyl (C=O) groups is 2. The molecule has 1 saturated heterocycles. The molecule has 2 amide bonds. The summed E-state index contributed by atoms with van der Waals surface area (Å²) >= 11 is 0. The Kier molecular flexibility index (Phi) is 4.60. The lowest BCUT2D eigenvalue weighted by atomic mass is 9.97. The van der Waals surface area contributed by atoms with Gasteiger partial charge in [-0.15, -0.1) is 0 Å². The molecule has 114 valence electrons. The maximum absolute atomic E-state index is 12.5. The van der Waals surface area contributed by atoms with Crippen LogP contribution in [0.4, 0.5) is 0 Å². The highest BCUT2D eigenvalue weighted by atomic mass is 16.2. The van der Waals surface area contributed by atoms with E-state index in [1.807, 2.05) is 19.1 Å². The van der Waals surface area contributed by atoms with Crippen LogP contribution in [-0.2, 0) is 16.1 Å². The van der Waals surface area contributed by atoms with Gasteiger partial charge < -0.3 is 10.2 Å². The number of aromatic nitrogens is 1. The number of nitrogens with one attached hydrogen (secondary N) is 1. The monoisotopic (exact) mass is 289 g/mol. The Bertz CT molecular complexity index is 542. The van der Waals surface area contributed by atoms with Crippen molar-refractivity contribution in [3.05, 3.63) is 29.6 Å². The molecule has 2 atom stereocenters. The van der Waals surface area contributed by atoms with Crippen LogP contribution in [0.2, 0.25) is 0 Å². The fourth-order valence-corrected chi connectivity index (χ4v) is 2.63. The largest absolute Gasteiger partial charge is 0.343 e. The van der Waals surface area contributed by atoms with E-state index in [9.17, 15) is 9.59 Å². The van der Waals surface area contributed by atoms with Gasteiger partial charge in [-0.2, -0.15) is 0 Å². The lowest BCUT2D eigenvalue weighted by molar-refractivity contribution is -0.150. The standard InChI is InChI=1S/C16H23N3O2/c1-10(2)8-14-15(20)18-12(4)16(21)19(14)9-13-11(3)6-5-7-17-13/h5-7,10,12,14H,8-9H2,1-4H3,(H,18,20). The normalized spacial score (nSPS) is 22.6. The zero-order chi connectivity index (χ0) is 15.6. The van der Waals surface area contributed by atoms with E-state index < -0.39 is 12.1 Å². The number of rotatable bonds is 4. The molecule has 21 heavy (non-hydrogen) atoms. The molecule has 2 rings (SSSR count). The Labute approximate surface area is 125 Å². The molecule has 1 aliphatic rings. The van der Waals surface area contributed by atoms with Gasteiger partial charge in [0.25, 0.3) is 0 Å². The summed E-state index contributed by atoms with van der Waals surface area (Å²) in [4.78, 5) is 30.7. The van der Waals surface area contributed by atoms with Crippen molar-refractivity contribution < 1.29 is 9.59 Å². The molecule has 0 aliphatic carbocycles. The molecule has 2 unspecified atom stereocenters. The van der Waals surface area contributed by atoms with Crippen molar-refractivity contribution in [2.45, 2.75) is 52.7 Å². The SMILES string of the molecule is Cc1cccnc1CN1C(=O)C(C)NC(=O)C1CC(C)C. The topological polar surface area (TPSA) is 62.3 Å². The average Bonchev–Trinajstić information content (AvgIpc) is 2.42. The maximum atomic E-state index is 12.5. The Morgan fingerprint density at radius 2 is 2.10 bits per heavy atom. The predicted molar refractivity (Wildman–Crippen MR) is 80.4 cm³/mol. The Balaban J connectivity index is 2.27. The van der Waals surface area contributed by atoms with Crippen molar-refractivity contribution in [1.29, 1.82) is 0 Å². The zero-order valence-corrected chi connectivity index (χ0v) is 13.1. The molecular formula is C16H23N3O2. The van der Waals surface area contributed by atoms with Gasteiger partial charge in [0.2, 0.25) is 11.8 Å². The molecule has 1 aromatic heterocycles. The van der Waals surface area contributed by atoms with E-state index in [0.717, 1.165) is 11.3 Å². The van der Waals surface area contributed by atoms with Gasteiger partial charge in [0, 0.05) is 6.20 Å². The summed E-state index contributed by atoms with van der Waals surface area (Å²) < 4.78 is 0. The van der Waals surface area contributed by atoms with E-state index >= 15 is 0 Å². The first-order chi connectivity index (χ1) is 9.90. The minimum absolute atomic E-state index is 0.0368. The van der Waals surface area contributed by atoms with Crippen LogP contribution in [0.1, 0.15) is 38.4 Å². The Morgan fingerprint density at radius 1 is 1.38 bits per heavy atom. The van der Waals surface area contributed by atoms with Crippen molar-refractivity contribution >= 4 is 11.8 Å². The molecule has 0 saturated carbocycles. The van der Waals surface area contributed by atoms with Crippen LogP contribution in [0.25, 0.3) is 0 Å². The lowest BCUT2D eigenvalue weighted by Crippen LogP contribution is -2.62. The predicted octanol–water partition coefficient (Wildman–Crippen LogP) is 1.65. The number of pyridine rings is 1. The van der Waals surface area contributed by atoms with Gasteiger partial charge in [-0.25, -0.2) is 0 Å². The van der Waals surface area contributed by atoms with Gasteiger partial charge in [-0.3, -0.25) is 14.6 Å². The first-order valence-corrected chi connectivity index (χ1v) is 7.41. The van der Waals surface area contributed by atoms with Crippen molar-refractivity contribution in [3.63, 3.8) is 0 Å². The van der Waals surface area contributed by atoms with Gasteiger partial charge in [0.1, 0.15) is 12.1 Å². The number of piperazine rings is 1. The van der Waals surface area contributed by atoms with E-state index in [4.69, 9.17) is 0 Å². The number of hydrogen-bond donors (Lipinski definition) is 1. The van der Waals surface area contributed by atoms with E-state index in [2.05, 4.69) is 24.1 Å². The van der Waals surface area contributed by atoms with Crippen molar-refractivity contribution in [2.24, 2.45) is 5.92 Å². The number of amides is 2. The van der Waals surface area contributed by atoms with E-state index in [0.29, 0.717) is 18.9 Å². The highest BCUT2D eigenvalue weighted by Crippen LogP contribution is 2.20. The van der Waals surface area contributed by atoms with E-state index in [-0.39, 0.29) is 11.8 Å². The number of carbonyl (C=O) groups excluding carboxylic acids is 2. The molecule has 1 fully saturated rings. The van der Waals surface area contributed by atoms with E-state index in [1.54, 1.807) is 18.0 Å². The molecule has 1 aliphatic heterocycles. The lowest BCUT2D eigenvalue weighted by Gasteiger charge is -2.38. The third kappa shape index (κ3) is 3.40. The van der Waals surface area contributed by atoms with Gasteiger partial charge in [-0.1, -0.05) is 19.9 Å². The number of nitrogens with zero attached hydrogens (tertiary/aromatic N) is 2. The van der Waals surface area contributed by atoms with Gasteiger partial charge in [-0.05, 0) is 37.8 Å². The maximum Gasteiger partial charge on any atom is 0.245 e. The molecular weight excluding hydrogens is 266 g/mol. The zero-order valence-electron chi connectivity index (χ0n) is 13.1. The molecule has 1 N–H and O–H groups in total. The van der Waals surface area contributed by atoms with Crippen LogP contribution in [-0.4, -0.2) is 33.8 Å². The van der Waals surface area contributed by atoms with Crippen LogP contribution in [0, 0.1) is 12.8 Å². The highest BCUT2D eigenvalue weighted by Gasteiger charge is 2.38. The number of hydrogen-bond acceptors (Lipinski definition) is 3. The van der Waals surface area contributed by atoms with Crippen LogP contribution < -0.4 is 5.32 Å². The van der Waals surface area contributed by atoms with E-state index in [1.165, 1.54) is 0 Å². The summed E-state index contributed by atoms with van der Waals surface area (Å²) in [6, 6.07) is 2.97. The summed E-state index contributed by atoms with van der Waals surface area (Å²) in [6.07, 6.45) is 2.38. The molecule has 0 aromatic carbocycles. The summed E-state index contributed by atoms with van der Waals surface area (Å²) in [6.45, 7) is 8.20. The average molecular weight is 289 g/mol. The second-order valence-corrected chi connectivity index (χ2v) is 6.11. The second kappa shape index (κ2) is 6.24. The molecule has 5 nitrogen and oxygen atoms in total. The van der Waals surface area contributed by atoms with Crippen LogP contribution in [0.15, 0.2) is 18.3 Å². The summed E-state index contributed by atoms with van der Waals surface area (Å²) in [7, 11) is 0. The molecule has 1 aromatic rings. The third-order valence-electron chi connectivity index (χ3n) is 3.82. The smallest absolute Gasteiger partial charge is 0.245 e. The summed E-state index contributed by atoms with van der Waals surface area (Å²) in [5.41, 5.74) is 1.88. The third-order valence-corrected chi connectivity index (χ3v) is 3.82. The quantitative estimate of drug-likeness (QED) is 0.917. The summed E-state index contributed by atoms with van der Waals surface area (Å²) in [5.74, 6) is 0.240. The van der Waals surface area contributed by atoms with Crippen LogP contribution in [0.5, 0.6) is 0 Å². The van der Waals surface area contributed by atoms with Crippen LogP contribution >= 0.6 is 0 Å². The fourth-order valence-electron chi connectivity index (χ4n) is 2.63. The van der Waals surface area contributed by atoms with Crippen molar-refractivity contribution in [1.82, 2.24) is 15.2 Å². The van der Waals surface area contributed by atoms with Crippen molar-refractivity contribution in [2.75, 3.05) is 0 Å². The first-order valence-electron chi connectivity index (χ1n) is 7.41. The molecule has 0 spiro atoms. The minimum Gasteiger partial charge on any atom is -0.343 e. The molecule has 0 bridgehead atoms. The fraction of sp³-hybridized carbons (Fsp3) is 0.562. The Morgan fingerprint density at radius 3 is 2.71 bits per heavy atom. The second-order valence-electron chi connectivity index (χ2n) is 6.11. The number of aryl methyl sites for hydroxylation is 1. The van der Waals surface area contributed by atoms with Gasteiger partial charge in [0.05, 0.1) is 12.2 Å². The molecule has 0 radical (unpaired) electrons. The van der Waals surface area contributed by atoms with Crippen molar-refractivity contribution in [3.8, 4) is 0 Å². The van der Waals surface area contributed by atoms with Gasteiger partial charge in [0.15, 0.2) is 0 Å². The van der Waals surface area contributed by atoms with Crippen LogP contribution in [0.3, 0.4) is 0 Å². The summed E-state index contributed by atoms with van der Waals surface area (Å²) in [5, 5.41) is 2.76. The molecule has 2 heterocycles. The first kappa shape index (κ1) is 15.5. The van der Waals surface area contributed by atoms with Gasteiger partial charge >= 0.3 is 0 Å². The Hall–Kier alpha value is -1.91.